The van der Waals surface area contributed by atoms with Crippen LogP contribution in [0.5, 0.6) is 0 Å². The van der Waals surface area contributed by atoms with Gasteiger partial charge in [0.15, 0.2) is 0 Å². The zero-order valence-corrected chi connectivity index (χ0v) is 14.5. The lowest BCUT2D eigenvalue weighted by Gasteiger charge is -2.46. The number of hydrogen-bond acceptors (Lipinski definition) is 3. The fourth-order valence-electron chi connectivity index (χ4n) is 3.70. The SMILES string of the molecule is CC1CN(CC2CSc3ccccc32)C(C(C)(C)C)CN1. The normalized spacial score (nSPS) is 30.4. The van der Waals surface area contributed by atoms with Crippen LogP contribution in [0.2, 0.25) is 0 Å². The molecule has 1 saturated heterocycles. The fraction of sp³-hybridized carbons (Fsp3) is 0.667. The summed E-state index contributed by atoms with van der Waals surface area (Å²) in [4.78, 5) is 4.24. The van der Waals surface area contributed by atoms with Crippen molar-refractivity contribution in [1.29, 1.82) is 0 Å². The molecule has 0 saturated carbocycles. The van der Waals surface area contributed by atoms with Crippen LogP contribution in [-0.2, 0) is 0 Å². The lowest BCUT2D eigenvalue weighted by molar-refractivity contribution is 0.0554. The zero-order valence-electron chi connectivity index (χ0n) is 13.7. The molecule has 21 heavy (non-hydrogen) atoms. The van der Waals surface area contributed by atoms with E-state index in [-0.39, 0.29) is 0 Å². The Kier molecular flexibility index (Phi) is 4.35. The molecular weight excluding hydrogens is 276 g/mol. The van der Waals surface area contributed by atoms with Crippen molar-refractivity contribution in [2.45, 2.75) is 50.6 Å². The molecule has 0 spiro atoms. The molecule has 1 N–H and O–H groups in total. The summed E-state index contributed by atoms with van der Waals surface area (Å²) in [6.07, 6.45) is 0. The highest BCUT2D eigenvalue weighted by atomic mass is 32.2. The largest absolute Gasteiger partial charge is 0.311 e. The average molecular weight is 305 g/mol. The molecule has 2 heterocycles. The zero-order chi connectivity index (χ0) is 15.0. The number of nitrogens with zero attached hydrogens (tertiary/aromatic N) is 1. The second-order valence-corrected chi connectivity index (χ2v) is 8.75. The van der Waals surface area contributed by atoms with Crippen LogP contribution in [0.15, 0.2) is 29.2 Å². The molecule has 0 aliphatic carbocycles. The van der Waals surface area contributed by atoms with Crippen LogP contribution in [0.25, 0.3) is 0 Å². The standard InChI is InChI=1S/C18H28N2S/c1-13-10-20(17(9-19-13)18(2,3)4)11-14-12-21-16-8-6-5-7-15(14)16/h5-8,13-14,17,19H,9-12H2,1-4H3. The van der Waals surface area contributed by atoms with E-state index in [9.17, 15) is 0 Å². The molecule has 116 valence electrons. The number of nitrogens with one attached hydrogen (secondary N) is 1. The molecule has 3 rings (SSSR count). The molecular formula is C18H28N2S. The Bertz CT molecular complexity index is 494. The number of benzene rings is 1. The summed E-state index contributed by atoms with van der Waals surface area (Å²) < 4.78 is 0. The molecule has 3 unspecified atom stereocenters. The van der Waals surface area contributed by atoms with Crippen LogP contribution >= 0.6 is 11.8 Å². The lowest BCUT2D eigenvalue weighted by Crippen LogP contribution is -2.60. The van der Waals surface area contributed by atoms with Crippen molar-refractivity contribution in [3.63, 3.8) is 0 Å². The van der Waals surface area contributed by atoms with E-state index in [1.54, 1.807) is 5.56 Å². The topological polar surface area (TPSA) is 15.3 Å². The number of piperazine rings is 1. The molecule has 3 atom stereocenters. The minimum atomic E-state index is 0.332. The Morgan fingerprint density at radius 2 is 2.05 bits per heavy atom. The van der Waals surface area contributed by atoms with Crippen LogP contribution in [-0.4, -0.2) is 42.4 Å². The van der Waals surface area contributed by atoms with Crippen molar-refractivity contribution in [2.24, 2.45) is 5.41 Å². The Morgan fingerprint density at radius 1 is 1.29 bits per heavy atom. The Labute approximate surface area is 133 Å². The average Bonchev–Trinajstić information content (AvgIpc) is 2.81. The predicted molar refractivity (Wildman–Crippen MR) is 92.2 cm³/mol. The number of rotatable bonds is 2. The van der Waals surface area contributed by atoms with Gasteiger partial charge in [-0.3, -0.25) is 4.90 Å². The van der Waals surface area contributed by atoms with Gasteiger partial charge in [-0.15, -0.1) is 11.8 Å². The summed E-state index contributed by atoms with van der Waals surface area (Å²) in [7, 11) is 0. The summed E-state index contributed by atoms with van der Waals surface area (Å²) in [5.74, 6) is 1.94. The lowest BCUT2D eigenvalue weighted by atomic mass is 9.83. The summed E-state index contributed by atoms with van der Waals surface area (Å²) >= 11 is 2.03. The summed E-state index contributed by atoms with van der Waals surface area (Å²) in [6, 6.07) is 10.2. The van der Waals surface area contributed by atoms with Gasteiger partial charge in [0, 0.05) is 48.3 Å². The van der Waals surface area contributed by atoms with E-state index in [1.807, 2.05) is 11.8 Å². The van der Waals surface area contributed by atoms with Crippen molar-refractivity contribution in [2.75, 3.05) is 25.4 Å². The molecule has 2 aliphatic rings. The maximum atomic E-state index is 3.67. The van der Waals surface area contributed by atoms with E-state index in [2.05, 4.69) is 62.2 Å². The molecule has 1 fully saturated rings. The summed E-state index contributed by atoms with van der Waals surface area (Å²) in [5, 5.41) is 3.67. The minimum absolute atomic E-state index is 0.332. The Morgan fingerprint density at radius 3 is 2.81 bits per heavy atom. The van der Waals surface area contributed by atoms with Gasteiger partial charge in [0.05, 0.1) is 0 Å². The first-order valence-corrected chi connectivity index (χ1v) is 9.13. The Hall–Kier alpha value is -0.510. The van der Waals surface area contributed by atoms with Gasteiger partial charge in [-0.05, 0) is 24.0 Å². The molecule has 1 aromatic rings. The highest BCUT2D eigenvalue weighted by Crippen LogP contribution is 2.40. The third-order valence-corrected chi connectivity index (χ3v) is 6.11. The van der Waals surface area contributed by atoms with Crippen LogP contribution in [0.4, 0.5) is 0 Å². The quantitative estimate of drug-likeness (QED) is 0.899. The van der Waals surface area contributed by atoms with Gasteiger partial charge < -0.3 is 5.32 Å². The molecule has 3 heteroatoms. The van der Waals surface area contributed by atoms with Crippen molar-refractivity contribution in [3.8, 4) is 0 Å². The number of hydrogen-bond donors (Lipinski definition) is 1. The van der Waals surface area contributed by atoms with Crippen LogP contribution in [0.3, 0.4) is 0 Å². The molecule has 2 nitrogen and oxygen atoms in total. The maximum Gasteiger partial charge on any atom is 0.0270 e. The summed E-state index contributed by atoms with van der Waals surface area (Å²) in [5.41, 5.74) is 1.90. The van der Waals surface area contributed by atoms with Crippen molar-refractivity contribution in [3.05, 3.63) is 29.8 Å². The van der Waals surface area contributed by atoms with Crippen LogP contribution in [0.1, 0.15) is 39.2 Å². The molecule has 0 aromatic heterocycles. The first-order chi connectivity index (χ1) is 9.95. The fourth-order valence-corrected chi connectivity index (χ4v) is 4.95. The van der Waals surface area contributed by atoms with Gasteiger partial charge in [-0.2, -0.15) is 0 Å². The van der Waals surface area contributed by atoms with Crippen molar-refractivity contribution < 1.29 is 0 Å². The van der Waals surface area contributed by atoms with Crippen LogP contribution in [0, 0.1) is 5.41 Å². The molecule has 1 aromatic carbocycles. The van der Waals surface area contributed by atoms with Gasteiger partial charge >= 0.3 is 0 Å². The van der Waals surface area contributed by atoms with Gasteiger partial charge in [-0.25, -0.2) is 0 Å². The van der Waals surface area contributed by atoms with E-state index in [0.29, 0.717) is 23.4 Å². The number of fused-ring (bicyclic) bond motifs is 1. The van der Waals surface area contributed by atoms with E-state index in [4.69, 9.17) is 0 Å². The molecule has 0 bridgehead atoms. The smallest absolute Gasteiger partial charge is 0.0270 e. The Balaban J connectivity index is 1.76. The van der Waals surface area contributed by atoms with Gasteiger partial charge in [0.2, 0.25) is 0 Å². The molecule has 0 amide bonds. The predicted octanol–water partition coefficient (Wildman–Crippen LogP) is 3.58. The van der Waals surface area contributed by atoms with E-state index in [0.717, 1.165) is 6.54 Å². The van der Waals surface area contributed by atoms with E-state index < -0.39 is 0 Å². The van der Waals surface area contributed by atoms with E-state index in [1.165, 1.54) is 23.7 Å². The first-order valence-electron chi connectivity index (χ1n) is 8.14. The highest BCUT2D eigenvalue weighted by molar-refractivity contribution is 7.99. The minimum Gasteiger partial charge on any atom is -0.311 e. The number of thioether (sulfide) groups is 1. The monoisotopic (exact) mass is 304 g/mol. The van der Waals surface area contributed by atoms with Crippen molar-refractivity contribution >= 4 is 11.8 Å². The second kappa shape index (κ2) is 5.94. The first kappa shape index (κ1) is 15.4. The van der Waals surface area contributed by atoms with Crippen molar-refractivity contribution in [1.82, 2.24) is 10.2 Å². The molecule has 0 radical (unpaired) electrons. The second-order valence-electron chi connectivity index (χ2n) is 7.69. The summed E-state index contributed by atoms with van der Waals surface area (Å²) in [6.45, 7) is 12.9. The maximum absolute atomic E-state index is 3.67. The third-order valence-electron chi connectivity index (χ3n) is 4.86. The van der Waals surface area contributed by atoms with Gasteiger partial charge in [0.1, 0.15) is 0 Å². The van der Waals surface area contributed by atoms with Gasteiger partial charge in [-0.1, -0.05) is 39.0 Å². The van der Waals surface area contributed by atoms with Gasteiger partial charge in [0.25, 0.3) is 0 Å². The molecule has 2 aliphatic heterocycles. The van der Waals surface area contributed by atoms with E-state index >= 15 is 0 Å². The third kappa shape index (κ3) is 3.30. The highest BCUT2D eigenvalue weighted by Gasteiger charge is 2.36. The van der Waals surface area contributed by atoms with Crippen LogP contribution < -0.4 is 5.32 Å².